The number of pyridine rings is 1. The van der Waals surface area contributed by atoms with Gasteiger partial charge in [-0.1, -0.05) is 43.6 Å². The Kier molecular flexibility index (Phi) is 5.03. The summed E-state index contributed by atoms with van der Waals surface area (Å²) in [6.07, 6.45) is 1.06. The molecule has 0 spiro atoms. The van der Waals surface area contributed by atoms with Crippen LogP contribution in [-0.2, 0) is 16.1 Å². The van der Waals surface area contributed by atoms with Crippen LogP contribution in [0.2, 0.25) is 5.15 Å². The van der Waals surface area contributed by atoms with Crippen LogP contribution in [0, 0.1) is 24.2 Å². The minimum absolute atomic E-state index is 0.0223. The molecule has 6 rings (SSSR count). The number of nitrogens with one attached hydrogen (secondary N) is 2. The molecule has 2 N–H and O–H groups in total. The molecular weight excluding hydrogens is 468 g/mol. The van der Waals surface area contributed by atoms with E-state index >= 15 is 0 Å². The highest BCUT2D eigenvalue weighted by molar-refractivity contribution is 7.19. The number of nitrogens with zero attached hydrogens (tertiary/aromatic N) is 2. The molecule has 3 fully saturated rings. The maximum absolute atomic E-state index is 12.8. The summed E-state index contributed by atoms with van der Waals surface area (Å²) in [5.74, 6) is -0.340. The molecule has 34 heavy (non-hydrogen) atoms. The number of halogens is 1. The minimum atomic E-state index is -0.186. The molecule has 176 valence electrons. The van der Waals surface area contributed by atoms with Crippen LogP contribution >= 0.6 is 22.9 Å². The van der Waals surface area contributed by atoms with Crippen molar-refractivity contribution in [2.75, 3.05) is 18.4 Å². The highest BCUT2D eigenvalue weighted by Crippen LogP contribution is 2.63. The molecule has 3 atom stereocenters. The highest BCUT2D eigenvalue weighted by atomic mass is 35.5. The van der Waals surface area contributed by atoms with Gasteiger partial charge >= 0.3 is 0 Å². The molecule has 8 heteroatoms. The van der Waals surface area contributed by atoms with Crippen LogP contribution in [0.4, 0.5) is 5.69 Å². The first kappa shape index (κ1) is 22.0. The molecule has 2 saturated heterocycles. The van der Waals surface area contributed by atoms with Crippen molar-refractivity contribution in [1.82, 2.24) is 15.2 Å². The van der Waals surface area contributed by atoms with E-state index < -0.39 is 0 Å². The van der Waals surface area contributed by atoms with Gasteiger partial charge < -0.3 is 10.6 Å². The van der Waals surface area contributed by atoms with Crippen LogP contribution in [0.25, 0.3) is 21.2 Å². The quantitative estimate of drug-likeness (QED) is 0.392. The first-order valence-electron chi connectivity index (χ1n) is 11.8. The zero-order valence-electron chi connectivity index (χ0n) is 19.4. The molecular formula is C26H27ClN4O2S. The molecule has 0 bridgehead atoms. The average Bonchev–Trinajstić information content (AvgIpc) is 3.24. The smallest absolute Gasteiger partial charge is 0.234 e. The number of likely N-dealkylation sites (tertiary alicyclic amines) is 1. The molecule has 4 heterocycles. The molecule has 1 aromatic carbocycles. The van der Waals surface area contributed by atoms with E-state index in [1.54, 1.807) is 11.3 Å². The van der Waals surface area contributed by atoms with E-state index in [0.29, 0.717) is 17.7 Å². The van der Waals surface area contributed by atoms with Gasteiger partial charge in [-0.05, 0) is 42.8 Å². The standard InChI is InChI=1S/C26H27ClN4O2S/c1-13-22(30-15-7-8-28-11-15)18(10-19(27)29-13)17-6-4-5-14-9-16(34-23(14)17)12-31-24(32)20-21(25(31)33)26(20,2)3/h4-6,9-10,15,20-21,28,30H,7-8,11-12H2,1-3H3. The Morgan fingerprint density at radius 3 is 2.68 bits per heavy atom. The van der Waals surface area contributed by atoms with Crippen molar-refractivity contribution in [1.29, 1.82) is 0 Å². The molecule has 1 saturated carbocycles. The number of carbonyl (C=O) groups is 2. The Morgan fingerprint density at radius 1 is 1.21 bits per heavy atom. The lowest BCUT2D eigenvalue weighted by Gasteiger charge is -2.20. The number of aryl methyl sites for hydroxylation is 1. The van der Waals surface area contributed by atoms with Gasteiger partial charge in [0.2, 0.25) is 11.8 Å². The number of rotatable bonds is 5. The molecule has 2 amide bonds. The Labute approximate surface area is 207 Å². The molecule has 3 aliphatic rings. The zero-order chi connectivity index (χ0) is 23.8. The molecule has 3 unspecified atom stereocenters. The number of benzene rings is 1. The molecule has 2 aromatic heterocycles. The maximum Gasteiger partial charge on any atom is 0.234 e. The Hall–Kier alpha value is -2.48. The van der Waals surface area contributed by atoms with Gasteiger partial charge in [0, 0.05) is 33.3 Å². The number of fused-ring (bicyclic) bond motifs is 2. The van der Waals surface area contributed by atoms with E-state index in [1.807, 2.05) is 32.9 Å². The second-order valence-electron chi connectivity index (χ2n) is 10.3. The molecule has 2 aliphatic heterocycles. The number of thiophene rings is 1. The van der Waals surface area contributed by atoms with Gasteiger partial charge in [-0.3, -0.25) is 14.5 Å². The van der Waals surface area contributed by atoms with Gasteiger partial charge in [-0.15, -0.1) is 11.3 Å². The third-order valence-corrected chi connectivity index (χ3v) is 9.03. The van der Waals surface area contributed by atoms with E-state index in [4.69, 9.17) is 11.6 Å². The number of hydrogen-bond acceptors (Lipinski definition) is 6. The highest BCUT2D eigenvalue weighted by Gasteiger charge is 2.72. The van der Waals surface area contributed by atoms with Crippen LogP contribution in [0.15, 0.2) is 30.3 Å². The van der Waals surface area contributed by atoms with Crippen molar-refractivity contribution >= 4 is 50.5 Å². The van der Waals surface area contributed by atoms with E-state index in [-0.39, 0.29) is 29.1 Å². The third-order valence-electron chi connectivity index (χ3n) is 7.67. The lowest BCUT2D eigenvalue weighted by Crippen LogP contribution is -2.35. The van der Waals surface area contributed by atoms with Gasteiger partial charge in [-0.2, -0.15) is 0 Å². The number of amides is 2. The normalized spacial score (nSPS) is 25.3. The maximum atomic E-state index is 12.8. The van der Waals surface area contributed by atoms with Gasteiger partial charge in [0.25, 0.3) is 0 Å². The Morgan fingerprint density at radius 2 is 1.97 bits per heavy atom. The van der Waals surface area contributed by atoms with Crippen molar-refractivity contribution < 1.29 is 9.59 Å². The fourth-order valence-corrected chi connectivity index (χ4v) is 7.14. The van der Waals surface area contributed by atoms with Crippen molar-refractivity contribution in [2.24, 2.45) is 17.3 Å². The number of hydrogen-bond donors (Lipinski definition) is 2. The minimum Gasteiger partial charge on any atom is -0.379 e. The summed E-state index contributed by atoms with van der Waals surface area (Å²) < 4.78 is 1.12. The van der Waals surface area contributed by atoms with Gasteiger partial charge in [0.05, 0.1) is 29.8 Å². The lowest BCUT2D eigenvalue weighted by molar-refractivity contribution is -0.143. The van der Waals surface area contributed by atoms with Gasteiger partial charge in [0.15, 0.2) is 0 Å². The van der Waals surface area contributed by atoms with Crippen LogP contribution in [0.5, 0.6) is 0 Å². The monoisotopic (exact) mass is 494 g/mol. The number of aromatic nitrogens is 1. The first-order valence-corrected chi connectivity index (χ1v) is 13.0. The van der Waals surface area contributed by atoms with Gasteiger partial charge in [-0.25, -0.2) is 4.98 Å². The number of piperidine rings is 1. The Balaban J connectivity index is 1.36. The van der Waals surface area contributed by atoms with E-state index in [0.717, 1.165) is 57.0 Å². The zero-order valence-corrected chi connectivity index (χ0v) is 21.0. The number of carbonyl (C=O) groups excluding carboxylic acids is 2. The molecule has 3 aromatic rings. The van der Waals surface area contributed by atoms with Crippen molar-refractivity contribution in [3.63, 3.8) is 0 Å². The fourth-order valence-electron chi connectivity index (χ4n) is 5.73. The van der Waals surface area contributed by atoms with E-state index in [9.17, 15) is 9.59 Å². The van der Waals surface area contributed by atoms with Crippen molar-refractivity contribution in [3.05, 3.63) is 46.1 Å². The van der Waals surface area contributed by atoms with Crippen LogP contribution in [-0.4, -0.2) is 40.8 Å². The fraction of sp³-hybridized carbons (Fsp3) is 0.423. The van der Waals surface area contributed by atoms with Crippen molar-refractivity contribution in [3.8, 4) is 11.1 Å². The molecule has 0 radical (unpaired) electrons. The largest absolute Gasteiger partial charge is 0.379 e. The summed E-state index contributed by atoms with van der Waals surface area (Å²) in [6.45, 7) is 8.27. The SMILES string of the molecule is Cc1nc(Cl)cc(-c2cccc3cc(CN4C(=O)C5C(C4=O)C5(C)C)sc23)c1NC1CCNC1. The lowest BCUT2D eigenvalue weighted by atomic mass is 10.0. The predicted molar refractivity (Wildman–Crippen MR) is 136 cm³/mol. The number of anilines is 1. The van der Waals surface area contributed by atoms with Crippen LogP contribution < -0.4 is 10.6 Å². The average molecular weight is 495 g/mol. The third kappa shape index (κ3) is 3.36. The topological polar surface area (TPSA) is 74.3 Å². The van der Waals surface area contributed by atoms with Crippen LogP contribution in [0.3, 0.4) is 0 Å². The second kappa shape index (κ2) is 7.77. The summed E-state index contributed by atoms with van der Waals surface area (Å²) in [6, 6.07) is 10.6. The molecule has 6 nitrogen and oxygen atoms in total. The first-order chi connectivity index (χ1) is 16.3. The summed E-state index contributed by atoms with van der Waals surface area (Å²) in [4.78, 5) is 32.6. The number of imide groups is 1. The summed E-state index contributed by atoms with van der Waals surface area (Å²) in [5.41, 5.74) is 3.80. The summed E-state index contributed by atoms with van der Waals surface area (Å²) >= 11 is 8.04. The van der Waals surface area contributed by atoms with E-state index in [2.05, 4.69) is 33.8 Å². The second-order valence-corrected chi connectivity index (χ2v) is 11.8. The molecule has 1 aliphatic carbocycles. The van der Waals surface area contributed by atoms with Crippen molar-refractivity contribution in [2.45, 2.75) is 39.8 Å². The Bertz CT molecular complexity index is 1320. The summed E-state index contributed by atoms with van der Waals surface area (Å²) in [5, 5.41) is 8.65. The predicted octanol–water partition coefficient (Wildman–Crippen LogP) is 4.84. The van der Waals surface area contributed by atoms with Gasteiger partial charge in [0.1, 0.15) is 5.15 Å². The summed E-state index contributed by atoms with van der Waals surface area (Å²) in [7, 11) is 0. The van der Waals surface area contributed by atoms with E-state index in [1.165, 1.54) is 4.90 Å². The van der Waals surface area contributed by atoms with Crippen LogP contribution in [0.1, 0.15) is 30.8 Å².